The van der Waals surface area contributed by atoms with Gasteiger partial charge in [-0.2, -0.15) is 0 Å². The van der Waals surface area contributed by atoms with Crippen molar-refractivity contribution in [3.63, 3.8) is 0 Å². The minimum atomic E-state index is -0.575. The average molecular weight is 403 g/mol. The van der Waals surface area contributed by atoms with Crippen molar-refractivity contribution in [3.8, 4) is 0 Å². The summed E-state index contributed by atoms with van der Waals surface area (Å²) in [4.78, 5) is 35.3. The van der Waals surface area contributed by atoms with E-state index in [4.69, 9.17) is 4.74 Å². The molecule has 0 aliphatic carbocycles. The molecule has 0 N–H and O–H groups in total. The highest BCUT2D eigenvalue weighted by Crippen LogP contribution is 2.28. The van der Waals surface area contributed by atoms with E-state index < -0.39 is 16.8 Å². The first kappa shape index (κ1) is 16.8. The van der Waals surface area contributed by atoms with Gasteiger partial charge in [-0.15, -0.1) is 0 Å². The van der Waals surface area contributed by atoms with Crippen LogP contribution in [0.25, 0.3) is 10.9 Å². The molecule has 0 aliphatic rings. The highest BCUT2D eigenvalue weighted by molar-refractivity contribution is 9.10. The first-order valence-corrected chi connectivity index (χ1v) is 7.90. The number of nitro groups is 1. The zero-order valence-corrected chi connectivity index (χ0v) is 14.5. The molecule has 0 unspecified atom stereocenters. The van der Waals surface area contributed by atoms with Crippen LogP contribution < -0.4 is 0 Å². The summed E-state index contributed by atoms with van der Waals surface area (Å²) >= 11 is 3.09. The summed E-state index contributed by atoms with van der Waals surface area (Å²) in [6.07, 6.45) is 1.38. The number of benzene rings is 2. The van der Waals surface area contributed by atoms with E-state index in [1.54, 1.807) is 24.3 Å². The summed E-state index contributed by atoms with van der Waals surface area (Å²) in [5, 5.41) is 11.6. The quantitative estimate of drug-likeness (QED) is 0.377. The largest absolute Gasteiger partial charge is 0.465 e. The van der Waals surface area contributed by atoms with Crippen LogP contribution in [0.5, 0.6) is 0 Å². The Labute approximate surface area is 150 Å². The van der Waals surface area contributed by atoms with Crippen molar-refractivity contribution < 1.29 is 19.2 Å². The fourth-order valence-corrected chi connectivity index (χ4v) is 2.94. The number of halogens is 1. The predicted molar refractivity (Wildman–Crippen MR) is 93.8 cm³/mol. The molecule has 0 spiro atoms. The number of fused-ring (bicyclic) bond motifs is 1. The molecule has 0 amide bonds. The second-order valence-corrected chi connectivity index (χ2v) is 6.00. The van der Waals surface area contributed by atoms with Crippen molar-refractivity contribution in [1.82, 2.24) is 4.57 Å². The van der Waals surface area contributed by atoms with Crippen molar-refractivity contribution in [2.75, 3.05) is 7.11 Å². The Hall–Kier alpha value is -3.00. The lowest BCUT2D eigenvalue weighted by Gasteiger charge is -2.05. The summed E-state index contributed by atoms with van der Waals surface area (Å²) in [5.41, 5.74) is 0.680. The number of carbonyl (C=O) groups is 2. The molecule has 0 atom stereocenters. The summed E-state index contributed by atoms with van der Waals surface area (Å²) in [6, 6.07) is 11.0. The van der Waals surface area contributed by atoms with E-state index in [2.05, 4.69) is 15.9 Å². The fourth-order valence-electron chi connectivity index (χ4n) is 2.54. The standard InChI is InChI=1S/C17H11BrN2O5/c1-25-17(22)12-9-19(14-5-3-2-4-11(12)14)16(21)10-6-7-13(18)15(8-10)20(23)24/h2-9H,1H3. The predicted octanol–water partition coefficient (Wildman–Crippen LogP) is 3.79. The molecule has 0 bridgehead atoms. The average Bonchev–Trinajstić information content (AvgIpc) is 3.00. The van der Waals surface area contributed by atoms with E-state index in [1.807, 2.05) is 0 Å². The number of nitrogens with zero attached hydrogens (tertiary/aromatic N) is 2. The Morgan fingerprint density at radius 3 is 2.60 bits per heavy atom. The van der Waals surface area contributed by atoms with Gasteiger partial charge in [-0.3, -0.25) is 19.5 Å². The van der Waals surface area contributed by atoms with Crippen LogP contribution in [-0.4, -0.2) is 28.5 Å². The third-order valence-corrected chi connectivity index (χ3v) is 4.40. The number of hydrogen-bond acceptors (Lipinski definition) is 5. The minimum Gasteiger partial charge on any atom is -0.465 e. The van der Waals surface area contributed by atoms with Crippen molar-refractivity contribution >= 4 is 44.4 Å². The summed E-state index contributed by atoms with van der Waals surface area (Å²) in [6.45, 7) is 0. The number of nitro benzene ring substituents is 1. The van der Waals surface area contributed by atoms with Gasteiger partial charge in [0, 0.05) is 23.2 Å². The number of esters is 1. The molecule has 126 valence electrons. The summed E-state index contributed by atoms with van der Waals surface area (Å²) in [5.74, 6) is -1.05. The molecule has 1 aromatic heterocycles. The lowest BCUT2D eigenvalue weighted by molar-refractivity contribution is -0.385. The molecular weight excluding hydrogens is 392 g/mol. The van der Waals surface area contributed by atoms with E-state index in [0.29, 0.717) is 10.9 Å². The molecule has 2 aromatic carbocycles. The number of rotatable bonds is 3. The first-order chi connectivity index (χ1) is 11.9. The Morgan fingerprint density at radius 2 is 1.92 bits per heavy atom. The van der Waals surface area contributed by atoms with Gasteiger partial charge in [-0.1, -0.05) is 18.2 Å². The topological polar surface area (TPSA) is 91.4 Å². The van der Waals surface area contributed by atoms with Crippen molar-refractivity contribution in [2.24, 2.45) is 0 Å². The van der Waals surface area contributed by atoms with Gasteiger partial charge in [0.15, 0.2) is 0 Å². The molecule has 1 heterocycles. The van der Waals surface area contributed by atoms with Crippen molar-refractivity contribution in [2.45, 2.75) is 0 Å². The molecule has 3 rings (SSSR count). The third kappa shape index (κ3) is 2.91. The summed E-state index contributed by atoms with van der Waals surface area (Å²) < 4.78 is 6.32. The number of aromatic nitrogens is 1. The number of carbonyl (C=O) groups excluding carboxylic acids is 2. The van der Waals surface area contributed by atoms with E-state index in [-0.39, 0.29) is 21.3 Å². The zero-order chi connectivity index (χ0) is 18.1. The smallest absolute Gasteiger partial charge is 0.340 e. The van der Waals surface area contributed by atoms with Gasteiger partial charge in [0.25, 0.3) is 11.6 Å². The SMILES string of the molecule is COC(=O)c1cn(C(=O)c2ccc(Br)c([N+](=O)[O-])c2)c2ccccc12. The monoisotopic (exact) mass is 402 g/mol. The molecule has 0 radical (unpaired) electrons. The van der Waals surface area contributed by atoms with Crippen LogP contribution in [0, 0.1) is 10.1 Å². The molecule has 3 aromatic rings. The molecule has 0 saturated carbocycles. The summed E-state index contributed by atoms with van der Waals surface area (Å²) in [7, 11) is 1.26. The Kier molecular flexibility index (Phi) is 4.37. The first-order valence-electron chi connectivity index (χ1n) is 7.11. The molecule has 0 saturated heterocycles. The maximum Gasteiger partial charge on any atom is 0.340 e. The molecular formula is C17H11BrN2O5. The van der Waals surface area contributed by atoms with Gasteiger partial charge in [0.2, 0.25) is 0 Å². The molecule has 0 fully saturated rings. The maximum absolute atomic E-state index is 12.8. The second kappa shape index (κ2) is 6.48. The minimum absolute atomic E-state index is 0.132. The van der Waals surface area contributed by atoms with Gasteiger partial charge in [-0.25, -0.2) is 4.79 Å². The van der Waals surface area contributed by atoms with Crippen LogP contribution in [0.4, 0.5) is 5.69 Å². The molecule has 25 heavy (non-hydrogen) atoms. The fraction of sp³-hybridized carbons (Fsp3) is 0.0588. The molecule has 0 aliphatic heterocycles. The molecule has 8 heteroatoms. The number of methoxy groups -OCH3 is 1. The number of ether oxygens (including phenoxy) is 1. The highest BCUT2D eigenvalue weighted by Gasteiger charge is 2.21. The van der Waals surface area contributed by atoms with Crippen molar-refractivity contribution in [1.29, 1.82) is 0 Å². The Morgan fingerprint density at radius 1 is 1.20 bits per heavy atom. The van der Waals surface area contributed by atoms with Crippen LogP contribution in [0.15, 0.2) is 53.1 Å². The van der Waals surface area contributed by atoms with Crippen LogP contribution in [0.2, 0.25) is 0 Å². The lowest BCUT2D eigenvalue weighted by Crippen LogP contribution is -2.11. The van der Waals surface area contributed by atoms with E-state index in [9.17, 15) is 19.7 Å². The number of para-hydroxylation sites is 1. The van der Waals surface area contributed by atoms with Crippen LogP contribution in [0.1, 0.15) is 20.7 Å². The van der Waals surface area contributed by atoms with Gasteiger partial charge >= 0.3 is 5.97 Å². The van der Waals surface area contributed by atoms with Crippen LogP contribution in [-0.2, 0) is 4.74 Å². The number of hydrogen-bond donors (Lipinski definition) is 0. The van der Waals surface area contributed by atoms with Crippen LogP contribution >= 0.6 is 15.9 Å². The van der Waals surface area contributed by atoms with Crippen molar-refractivity contribution in [3.05, 3.63) is 74.4 Å². The van der Waals surface area contributed by atoms with Gasteiger partial charge < -0.3 is 4.74 Å². The van der Waals surface area contributed by atoms with E-state index >= 15 is 0 Å². The van der Waals surface area contributed by atoms with Crippen LogP contribution in [0.3, 0.4) is 0 Å². The van der Waals surface area contributed by atoms with E-state index in [0.717, 1.165) is 0 Å². The third-order valence-electron chi connectivity index (χ3n) is 3.73. The Bertz CT molecular complexity index is 1030. The Balaban J connectivity index is 2.17. The molecule has 7 nitrogen and oxygen atoms in total. The normalized spacial score (nSPS) is 10.6. The second-order valence-electron chi connectivity index (χ2n) is 5.15. The zero-order valence-electron chi connectivity index (χ0n) is 12.9. The van der Waals surface area contributed by atoms with Gasteiger partial charge in [0.1, 0.15) is 0 Å². The maximum atomic E-state index is 12.8. The van der Waals surface area contributed by atoms with E-state index in [1.165, 1.54) is 36.1 Å². The lowest BCUT2D eigenvalue weighted by atomic mass is 10.1. The van der Waals surface area contributed by atoms with Gasteiger partial charge in [0.05, 0.1) is 27.6 Å². The highest BCUT2D eigenvalue weighted by atomic mass is 79.9. The van der Waals surface area contributed by atoms with Gasteiger partial charge in [-0.05, 0) is 34.1 Å².